The van der Waals surface area contributed by atoms with Crippen molar-refractivity contribution in [3.63, 3.8) is 0 Å². The number of nitrogens with zero attached hydrogens (tertiary/aromatic N) is 2. The summed E-state index contributed by atoms with van der Waals surface area (Å²) in [5, 5.41) is 1.11. The monoisotopic (exact) mass is 208 g/mol. The van der Waals surface area contributed by atoms with E-state index in [1.807, 2.05) is 0 Å². The fourth-order valence-corrected chi connectivity index (χ4v) is 0.766. The Balaban J connectivity index is 1.66. The van der Waals surface area contributed by atoms with E-state index in [2.05, 4.69) is 29.0 Å². The predicted molar refractivity (Wildman–Crippen MR) is 35.1 cm³/mol. The van der Waals surface area contributed by atoms with Crippen LogP contribution in [-0.4, -0.2) is 43.4 Å². The van der Waals surface area contributed by atoms with Crippen molar-refractivity contribution < 1.29 is 33.8 Å². The number of carbonyl (C=O) groups is 1. The summed E-state index contributed by atoms with van der Waals surface area (Å²) in [5.74, 6) is 0. The third kappa shape index (κ3) is 2.51. The van der Waals surface area contributed by atoms with Crippen LogP contribution in [0.3, 0.4) is 0 Å². The second kappa shape index (κ2) is 4.50. The van der Waals surface area contributed by atoms with Gasteiger partial charge in [0.05, 0.1) is 0 Å². The fourth-order valence-electron chi connectivity index (χ4n) is 0.766. The number of carbonyl (C=O) groups excluding carboxylic acids is 1. The number of hydrogen-bond donors (Lipinski definition) is 0. The molecule has 2 rings (SSSR count). The summed E-state index contributed by atoms with van der Waals surface area (Å²) in [6.07, 6.45) is -1.09. The van der Waals surface area contributed by atoms with E-state index >= 15 is 0 Å². The van der Waals surface area contributed by atoms with Crippen LogP contribution in [0.15, 0.2) is 0 Å². The van der Waals surface area contributed by atoms with Crippen molar-refractivity contribution in [3.8, 4) is 0 Å². The SMILES string of the molecule is O=C(ON1OCCO1)ON1OCCO1. The molecular formula is C5H8N2O7. The zero-order valence-electron chi connectivity index (χ0n) is 7.08. The van der Waals surface area contributed by atoms with Gasteiger partial charge in [-0.15, -0.1) is 0 Å². The second-order valence-corrected chi connectivity index (χ2v) is 2.21. The molecule has 0 aromatic rings. The maximum Gasteiger partial charge on any atom is 0.555 e. The Morgan fingerprint density at radius 2 is 1.21 bits per heavy atom. The van der Waals surface area contributed by atoms with Gasteiger partial charge in [0.15, 0.2) is 0 Å². The first-order chi connectivity index (χ1) is 6.84. The van der Waals surface area contributed by atoms with Crippen LogP contribution in [0, 0.1) is 0 Å². The summed E-state index contributed by atoms with van der Waals surface area (Å²) in [6.45, 7) is 1.24. The van der Waals surface area contributed by atoms with Crippen molar-refractivity contribution >= 4 is 6.16 Å². The van der Waals surface area contributed by atoms with Crippen LogP contribution in [0.1, 0.15) is 0 Å². The zero-order chi connectivity index (χ0) is 9.80. The molecule has 0 atom stereocenters. The molecule has 14 heavy (non-hydrogen) atoms. The quantitative estimate of drug-likeness (QED) is 0.586. The van der Waals surface area contributed by atoms with E-state index in [0.717, 1.165) is 0 Å². The highest BCUT2D eigenvalue weighted by Gasteiger charge is 2.25. The van der Waals surface area contributed by atoms with E-state index in [1.54, 1.807) is 0 Å². The van der Waals surface area contributed by atoms with Gasteiger partial charge in [0, 0.05) is 0 Å². The molecule has 0 N–H and O–H groups in total. The van der Waals surface area contributed by atoms with Crippen LogP contribution in [-0.2, 0) is 29.0 Å². The molecule has 0 saturated carbocycles. The number of hydrogen-bond acceptors (Lipinski definition) is 9. The topological polar surface area (TPSA) is 78.9 Å². The Morgan fingerprint density at radius 3 is 1.57 bits per heavy atom. The Hall–Kier alpha value is -0.970. The fraction of sp³-hybridized carbons (Fsp3) is 0.800. The predicted octanol–water partition coefficient (Wildman–Crippen LogP) is -0.673. The van der Waals surface area contributed by atoms with E-state index in [-0.39, 0.29) is 0 Å². The van der Waals surface area contributed by atoms with E-state index in [4.69, 9.17) is 0 Å². The van der Waals surface area contributed by atoms with Crippen molar-refractivity contribution in [1.29, 1.82) is 0 Å². The van der Waals surface area contributed by atoms with Crippen LogP contribution in [0.4, 0.5) is 4.79 Å². The Labute approximate surface area is 78.3 Å². The summed E-state index contributed by atoms with van der Waals surface area (Å²) in [5.41, 5.74) is 0. The van der Waals surface area contributed by atoms with Crippen LogP contribution in [0.5, 0.6) is 0 Å². The third-order valence-corrected chi connectivity index (χ3v) is 1.25. The van der Waals surface area contributed by atoms with Gasteiger partial charge >= 0.3 is 6.16 Å². The summed E-state index contributed by atoms with van der Waals surface area (Å²) >= 11 is 0. The van der Waals surface area contributed by atoms with Gasteiger partial charge in [-0.1, -0.05) is 0 Å². The molecule has 0 unspecified atom stereocenters. The molecule has 0 amide bonds. The largest absolute Gasteiger partial charge is 0.555 e. The first-order valence-corrected chi connectivity index (χ1v) is 3.86. The van der Waals surface area contributed by atoms with Gasteiger partial charge in [-0.2, -0.15) is 4.79 Å². The van der Waals surface area contributed by atoms with Gasteiger partial charge in [0.1, 0.15) is 37.2 Å². The smallest absolute Gasteiger partial charge is 0.281 e. The van der Waals surface area contributed by atoms with Crippen molar-refractivity contribution in [1.82, 2.24) is 10.8 Å². The molecule has 0 aliphatic carbocycles. The van der Waals surface area contributed by atoms with Gasteiger partial charge in [-0.3, -0.25) is 9.68 Å². The average Bonchev–Trinajstić information content (AvgIpc) is 2.76. The average molecular weight is 208 g/mol. The molecule has 0 spiro atoms. The molecule has 2 saturated heterocycles. The van der Waals surface area contributed by atoms with Gasteiger partial charge in [-0.25, -0.2) is 19.4 Å². The van der Waals surface area contributed by atoms with E-state index < -0.39 is 6.16 Å². The summed E-state index contributed by atoms with van der Waals surface area (Å²) in [4.78, 5) is 38.4. The lowest BCUT2D eigenvalue weighted by molar-refractivity contribution is -0.495. The summed E-state index contributed by atoms with van der Waals surface area (Å²) < 4.78 is 0. The molecule has 80 valence electrons. The number of rotatable bonds is 2. The zero-order valence-corrected chi connectivity index (χ0v) is 7.08. The minimum absolute atomic E-state index is 0.310. The lowest BCUT2D eigenvalue weighted by Crippen LogP contribution is -2.28. The summed E-state index contributed by atoms with van der Waals surface area (Å²) in [6, 6.07) is 0. The Bertz CT molecular complexity index is 180. The molecule has 2 fully saturated rings. The van der Waals surface area contributed by atoms with Crippen molar-refractivity contribution in [2.75, 3.05) is 26.4 Å². The molecule has 0 aromatic heterocycles. The third-order valence-electron chi connectivity index (χ3n) is 1.25. The highest BCUT2D eigenvalue weighted by molar-refractivity contribution is 5.58. The molecule has 9 heteroatoms. The lowest BCUT2D eigenvalue weighted by Gasteiger charge is -2.12. The highest BCUT2D eigenvalue weighted by atomic mass is 17.2. The molecule has 9 nitrogen and oxygen atoms in total. The normalized spacial score (nSPS) is 24.0. The molecule has 2 aliphatic rings. The molecule has 2 aliphatic heterocycles. The first-order valence-electron chi connectivity index (χ1n) is 3.86. The van der Waals surface area contributed by atoms with Crippen LogP contribution >= 0.6 is 0 Å². The first kappa shape index (κ1) is 9.58. The standard InChI is InChI=1S/C5H8N2O7/c8-5(13-6-9-1-2-10-6)14-7-11-3-4-12-7/h1-4H2. The van der Waals surface area contributed by atoms with E-state index in [0.29, 0.717) is 37.2 Å². The van der Waals surface area contributed by atoms with E-state index in [9.17, 15) is 4.79 Å². The van der Waals surface area contributed by atoms with E-state index in [1.165, 1.54) is 0 Å². The van der Waals surface area contributed by atoms with Crippen molar-refractivity contribution in [3.05, 3.63) is 0 Å². The van der Waals surface area contributed by atoms with Crippen LogP contribution in [0.25, 0.3) is 0 Å². The minimum atomic E-state index is -1.09. The second-order valence-electron chi connectivity index (χ2n) is 2.21. The molecular weight excluding hydrogens is 200 g/mol. The lowest BCUT2D eigenvalue weighted by atomic mass is 10.8. The Kier molecular flexibility index (Phi) is 3.08. The Morgan fingerprint density at radius 1 is 0.857 bits per heavy atom. The van der Waals surface area contributed by atoms with Gasteiger partial charge in [0.25, 0.3) is 0 Å². The maximum absolute atomic E-state index is 10.9. The van der Waals surface area contributed by atoms with Crippen molar-refractivity contribution in [2.45, 2.75) is 0 Å². The minimum Gasteiger partial charge on any atom is -0.281 e. The highest BCUT2D eigenvalue weighted by Crippen LogP contribution is 2.07. The van der Waals surface area contributed by atoms with Gasteiger partial charge in [-0.05, 0) is 0 Å². The van der Waals surface area contributed by atoms with Gasteiger partial charge < -0.3 is 0 Å². The van der Waals surface area contributed by atoms with Crippen molar-refractivity contribution in [2.24, 2.45) is 0 Å². The summed E-state index contributed by atoms with van der Waals surface area (Å²) in [7, 11) is 0. The molecule has 0 aromatic carbocycles. The molecule has 2 heterocycles. The molecule has 0 bridgehead atoms. The maximum atomic E-state index is 10.9. The van der Waals surface area contributed by atoms with Crippen LogP contribution in [0.2, 0.25) is 0 Å². The molecule has 0 radical (unpaired) electrons. The van der Waals surface area contributed by atoms with Crippen LogP contribution < -0.4 is 0 Å². The van der Waals surface area contributed by atoms with Gasteiger partial charge in [0.2, 0.25) is 0 Å².